The summed E-state index contributed by atoms with van der Waals surface area (Å²) >= 11 is 0. The largest absolute Gasteiger partial charge is 0.493 e. The van der Waals surface area contributed by atoms with Crippen LogP contribution in [0.1, 0.15) is 44.2 Å². The molecular formula is C18H30IN3O. The molecule has 0 aliphatic heterocycles. The first-order chi connectivity index (χ1) is 10.6. The second-order valence-electron chi connectivity index (χ2n) is 6.49. The van der Waals surface area contributed by atoms with Crippen LogP contribution in [-0.4, -0.2) is 25.7 Å². The average molecular weight is 431 g/mol. The molecular weight excluding hydrogens is 401 g/mol. The summed E-state index contributed by atoms with van der Waals surface area (Å²) in [6.07, 6.45) is 3.56. The van der Waals surface area contributed by atoms with Gasteiger partial charge in [-0.2, -0.15) is 0 Å². The fourth-order valence-corrected chi connectivity index (χ4v) is 2.14. The molecule has 0 amide bonds. The third-order valence-corrected chi connectivity index (χ3v) is 3.76. The van der Waals surface area contributed by atoms with E-state index in [1.165, 1.54) is 24.0 Å². The third kappa shape index (κ3) is 7.42. The molecule has 0 atom stereocenters. The normalized spacial score (nSPS) is 14.4. The van der Waals surface area contributed by atoms with Gasteiger partial charge < -0.3 is 15.4 Å². The Morgan fingerprint density at radius 1 is 1.35 bits per heavy atom. The smallest absolute Gasteiger partial charge is 0.191 e. The molecule has 2 N–H and O–H groups in total. The van der Waals surface area contributed by atoms with Crippen LogP contribution in [-0.2, 0) is 6.54 Å². The summed E-state index contributed by atoms with van der Waals surface area (Å²) in [6.45, 7) is 8.03. The molecule has 1 aromatic carbocycles. The van der Waals surface area contributed by atoms with Gasteiger partial charge in [0.25, 0.3) is 0 Å². The zero-order valence-electron chi connectivity index (χ0n) is 14.7. The van der Waals surface area contributed by atoms with E-state index in [1.807, 2.05) is 7.05 Å². The van der Waals surface area contributed by atoms with E-state index in [0.29, 0.717) is 12.0 Å². The van der Waals surface area contributed by atoms with E-state index in [4.69, 9.17) is 4.74 Å². The standard InChI is InChI=1S/C18H29N3O.HI/c1-13(2)9-10-22-17-11-14(3)5-6-15(17)12-20-18(19-4)21-16-7-8-16;/h5-6,11,13,16H,7-10,12H2,1-4H3,(H2,19,20,21);1H. The van der Waals surface area contributed by atoms with E-state index in [9.17, 15) is 0 Å². The number of aryl methyl sites for hydroxylation is 1. The lowest BCUT2D eigenvalue weighted by Gasteiger charge is -2.16. The Kier molecular flexibility index (Phi) is 8.73. The first kappa shape index (κ1) is 20.1. The summed E-state index contributed by atoms with van der Waals surface area (Å²) in [5, 5.41) is 6.77. The van der Waals surface area contributed by atoms with Crippen LogP contribution >= 0.6 is 24.0 Å². The van der Waals surface area contributed by atoms with E-state index in [1.54, 1.807) is 0 Å². The molecule has 0 spiro atoms. The van der Waals surface area contributed by atoms with Crippen LogP contribution in [0.25, 0.3) is 0 Å². The number of hydrogen-bond donors (Lipinski definition) is 2. The minimum Gasteiger partial charge on any atom is -0.493 e. The molecule has 130 valence electrons. The Morgan fingerprint density at radius 2 is 2.09 bits per heavy atom. The molecule has 1 fully saturated rings. The molecule has 0 bridgehead atoms. The highest BCUT2D eigenvalue weighted by molar-refractivity contribution is 14.0. The highest BCUT2D eigenvalue weighted by Crippen LogP contribution is 2.21. The Bertz CT molecular complexity index is 513. The van der Waals surface area contributed by atoms with Crippen molar-refractivity contribution in [2.24, 2.45) is 10.9 Å². The summed E-state index contributed by atoms with van der Waals surface area (Å²) in [7, 11) is 1.81. The van der Waals surface area contributed by atoms with E-state index in [0.717, 1.165) is 31.3 Å². The maximum absolute atomic E-state index is 5.99. The zero-order valence-corrected chi connectivity index (χ0v) is 17.0. The lowest BCUT2D eigenvalue weighted by Crippen LogP contribution is -2.38. The van der Waals surface area contributed by atoms with Crippen LogP contribution in [0.15, 0.2) is 23.2 Å². The quantitative estimate of drug-likeness (QED) is 0.392. The maximum atomic E-state index is 5.99. The summed E-state index contributed by atoms with van der Waals surface area (Å²) in [6, 6.07) is 6.99. The molecule has 4 nitrogen and oxygen atoms in total. The van der Waals surface area contributed by atoms with Crippen LogP contribution in [0.2, 0.25) is 0 Å². The second kappa shape index (κ2) is 10.0. The second-order valence-corrected chi connectivity index (χ2v) is 6.49. The van der Waals surface area contributed by atoms with Gasteiger partial charge in [0, 0.05) is 25.2 Å². The molecule has 1 aliphatic carbocycles. The van der Waals surface area contributed by atoms with Crippen LogP contribution < -0.4 is 15.4 Å². The van der Waals surface area contributed by atoms with Gasteiger partial charge in [-0.1, -0.05) is 26.0 Å². The van der Waals surface area contributed by atoms with E-state index in [-0.39, 0.29) is 24.0 Å². The maximum Gasteiger partial charge on any atom is 0.191 e. The van der Waals surface area contributed by atoms with Crippen molar-refractivity contribution in [1.29, 1.82) is 0 Å². The zero-order chi connectivity index (χ0) is 15.9. The number of halogens is 1. The fourth-order valence-electron chi connectivity index (χ4n) is 2.14. The molecule has 5 heteroatoms. The van der Waals surface area contributed by atoms with Crippen molar-refractivity contribution in [2.75, 3.05) is 13.7 Å². The van der Waals surface area contributed by atoms with Gasteiger partial charge >= 0.3 is 0 Å². The number of aliphatic imine (C=N–C) groups is 1. The lowest BCUT2D eigenvalue weighted by atomic mass is 10.1. The van der Waals surface area contributed by atoms with Crippen molar-refractivity contribution in [2.45, 2.75) is 52.6 Å². The molecule has 0 radical (unpaired) electrons. The molecule has 1 saturated carbocycles. The molecule has 2 rings (SSSR count). The number of guanidine groups is 1. The number of ether oxygens (including phenoxy) is 1. The summed E-state index contributed by atoms with van der Waals surface area (Å²) in [5.41, 5.74) is 2.40. The minimum atomic E-state index is 0. The van der Waals surface area contributed by atoms with Gasteiger partial charge in [0.1, 0.15) is 5.75 Å². The topological polar surface area (TPSA) is 45.7 Å². The van der Waals surface area contributed by atoms with Crippen molar-refractivity contribution < 1.29 is 4.74 Å². The van der Waals surface area contributed by atoms with Crippen molar-refractivity contribution in [3.8, 4) is 5.75 Å². The lowest BCUT2D eigenvalue weighted by molar-refractivity contribution is 0.286. The third-order valence-electron chi connectivity index (χ3n) is 3.76. The van der Waals surface area contributed by atoms with Crippen LogP contribution in [0, 0.1) is 12.8 Å². The van der Waals surface area contributed by atoms with Crippen LogP contribution in [0.4, 0.5) is 0 Å². The summed E-state index contributed by atoms with van der Waals surface area (Å²) in [4.78, 5) is 4.27. The summed E-state index contributed by atoms with van der Waals surface area (Å²) in [5.74, 6) is 2.51. The van der Waals surface area contributed by atoms with Crippen LogP contribution in [0.3, 0.4) is 0 Å². The van der Waals surface area contributed by atoms with Gasteiger partial charge in [0.05, 0.1) is 6.61 Å². The van der Waals surface area contributed by atoms with Gasteiger partial charge in [-0.15, -0.1) is 24.0 Å². The van der Waals surface area contributed by atoms with Crippen LogP contribution in [0.5, 0.6) is 5.75 Å². The molecule has 0 heterocycles. The molecule has 1 aliphatic rings. The first-order valence-electron chi connectivity index (χ1n) is 8.28. The van der Waals surface area contributed by atoms with Gasteiger partial charge in [0.15, 0.2) is 5.96 Å². The highest BCUT2D eigenvalue weighted by Gasteiger charge is 2.22. The van der Waals surface area contributed by atoms with Gasteiger partial charge in [-0.3, -0.25) is 4.99 Å². The number of nitrogens with zero attached hydrogens (tertiary/aromatic N) is 1. The highest BCUT2D eigenvalue weighted by atomic mass is 127. The fraction of sp³-hybridized carbons (Fsp3) is 0.611. The Hall–Kier alpha value is -0.980. The Labute approximate surface area is 157 Å². The number of benzene rings is 1. The molecule has 0 saturated heterocycles. The molecule has 0 aromatic heterocycles. The predicted octanol–water partition coefficient (Wildman–Crippen LogP) is 3.87. The number of hydrogen-bond acceptors (Lipinski definition) is 2. The van der Waals surface area contributed by atoms with E-state index in [2.05, 4.69) is 54.6 Å². The first-order valence-corrected chi connectivity index (χ1v) is 8.28. The number of nitrogens with one attached hydrogen (secondary N) is 2. The van der Waals surface area contributed by atoms with Crippen molar-refractivity contribution in [3.05, 3.63) is 29.3 Å². The number of rotatable bonds is 7. The molecule has 23 heavy (non-hydrogen) atoms. The average Bonchev–Trinajstić information content (AvgIpc) is 3.28. The minimum absolute atomic E-state index is 0. The molecule has 1 aromatic rings. The van der Waals surface area contributed by atoms with Gasteiger partial charge in [0.2, 0.25) is 0 Å². The summed E-state index contributed by atoms with van der Waals surface area (Å²) < 4.78 is 5.99. The Balaban J connectivity index is 0.00000264. The van der Waals surface area contributed by atoms with Crippen molar-refractivity contribution in [3.63, 3.8) is 0 Å². The SMILES string of the molecule is CN=C(NCc1ccc(C)cc1OCCC(C)C)NC1CC1.I. The molecule has 0 unspecified atom stereocenters. The van der Waals surface area contributed by atoms with Crippen molar-refractivity contribution in [1.82, 2.24) is 10.6 Å². The van der Waals surface area contributed by atoms with Gasteiger partial charge in [-0.05, 0) is 43.7 Å². The Morgan fingerprint density at radius 3 is 2.70 bits per heavy atom. The van der Waals surface area contributed by atoms with Crippen molar-refractivity contribution >= 4 is 29.9 Å². The van der Waals surface area contributed by atoms with Gasteiger partial charge in [-0.25, -0.2) is 0 Å². The van der Waals surface area contributed by atoms with E-state index >= 15 is 0 Å². The van der Waals surface area contributed by atoms with E-state index < -0.39 is 0 Å². The predicted molar refractivity (Wildman–Crippen MR) is 108 cm³/mol. The monoisotopic (exact) mass is 431 g/mol.